The van der Waals surface area contributed by atoms with E-state index >= 15 is 0 Å². The van der Waals surface area contributed by atoms with Crippen molar-refractivity contribution in [3.8, 4) is 5.75 Å². The van der Waals surface area contributed by atoms with Crippen LogP contribution in [-0.2, 0) is 7.05 Å². The summed E-state index contributed by atoms with van der Waals surface area (Å²) in [7, 11) is 3.64. The molecule has 0 N–H and O–H groups in total. The van der Waals surface area contributed by atoms with E-state index in [9.17, 15) is 13.6 Å². The van der Waals surface area contributed by atoms with Gasteiger partial charge >= 0.3 is 12.6 Å². The number of carbonyl (C=O) groups is 1. The summed E-state index contributed by atoms with van der Waals surface area (Å²) < 4.78 is 33.1. The van der Waals surface area contributed by atoms with Crippen molar-refractivity contribution in [1.82, 2.24) is 24.3 Å². The highest BCUT2D eigenvalue weighted by atomic mass is 19.3. The van der Waals surface area contributed by atoms with Crippen LogP contribution in [0.1, 0.15) is 17.9 Å². The molecule has 3 aromatic rings. The second-order valence-corrected chi connectivity index (χ2v) is 8.28. The molecule has 2 aliphatic heterocycles. The maximum Gasteiger partial charge on any atom is 0.387 e. The largest absolute Gasteiger partial charge is 0.433 e. The summed E-state index contributed by atoms with van der Waals surface area (Å²) in [5.41, 5.74) is 3.00. The molecule has 0 spiro atoms. The molecule has 5 rings (SSSR count). The van der Waals surface area contributed by atoms with Crippen LogP contribution in [-0.4, -0.2) is 70.2 Å². The highest BCUT2D eigenvalue weighted by Gasteiger charge is 2.36. The molecule has 2 fully saturated rings. The van der Waals surface area contributed by atoms with Crippen molar-refractivity contribution in [3.63, 3.8) is 0 Å². The number of ether oxygens (including phenoxy) is 1. The lowest BCUT2D eigenvalue weighted by atomic mass is 9.91. The van der Waals surface area contributed by atoms with E-state index in [-0.39, 0.29) is 17.7 Å². The average Bonchev–Trinajstić information content (AvgIpc) is 3.05. The average molecular weight is 442 g/mol. The van der Waals surface area contributed by atoms with Crippen LogP contribution in [0.25, 0.3) is 11.0 Å². The van der Waals surface area contributed by atoms with Gasteiger partial charge < -0.3 is 24.0 Å². The maximum absolute atomic E-state index is 13.2. The fraction of sp³-hybridized carbons (Fsp3) is 0.409. The number of anilines is 2. The Morgan fingerprint density at radius 2 is 1.97 bits per heavy atom. The van der Waals surface area contributed by atoms with Gasteiger partial charge in [-0.1, -0.05) is 6.07 Å². The molecular formula is C22H24F2N6O2. The molecule has 8 nitrogen and oxygen atoms in total. The molecule has 2 saturated heterocycles. The van der Waals surface area contributed by atoms with E-state index < -0.39 is 6.61 Å². The molecule has 4 heterocycles. The number of hydrogen-bond acceptors (Lipinski definition) is 5. The molecule has 0 atom stereocenters. The van der Waals surface area contributed by atoms with E-state index in [1.807, 2.05) is 28.6 Å². The molecule has 2 amide bonds. The van der Waals surface area contributed by atoms with Crippen LogP contribution in [0.15, 0.2) is 36.8 Å². The van der Waals surface area contributed by atoms with Crippen LogP contribution in [0.4, 0.5) is 25.1 Å². The first-order valence-electron chi connectivity index (χ1n) is 10.5. The van der Waals surface area contributed by atoms with Gasteiger partial charge in [0.1, 0.15) is 17.1 Å². The van der Waals surface area contributed by atoms with Crippen LogP contribution < -0.4 is 9.64 Å². The van der Waals surface area contributed by atoms with Gasteiger partial charge in [0.2, 0.25) is 0 Å². The monoisotopic (exact) mass is 442 g/mol. The molecule has 0 aliphatic carbocycles. The number of fused-ring (bicyclic) bond motifs is 1. The van der Waals surface area contributed by atoms with Crippen LogP contribution in [0.3, 0.4) is 0 Å². The number of pyridine rings is 1. The standard InChI is InChI=1S/C22H24F2N6O2/c1-27-13-26-16-10-25-20(9-18(16)27)28(2)17-5-4-14(8-19(17)32-21(23)24)15-11-30(12-15)22(31)29-6-3-7-29/h4-5,8-10,13,15,21H,3,6-7,11-12H2,1-2H3. The number of imidazole rings is 1. The molecule has 0 unspecified atom stereocenters. The molecular weight excluding hydrogens is 418 g/mol. The summed E-state index contributed by atoms with van der Waals surface area (Å²) in [6.07, 6.45) is 4.40. The first kappa shape index (κ1) is 20.5. The fourth-order valence-corrected chi connectivity index (χ4v) is 4.13. The zero-order valence-electron chi connectivity index (χ0n) is 17.9. The minimum absolute atomic E-state index is 0.0598. The van der Waals surface area contributed by atoms with Crippen molar-refractivity contribution in [1.29, 1.82) is 0 Å². The van der Waals surface area contributed by atoms with Crippen LogP contribution in [0.5, 0.6) is 5.75 Å². The fourth-order valence-electron chi connectivity index (χ4n) is 4.13. The van der Waals surface area contributed by atoms with E-state index in [0.717, 1.165) is 36.1 Å². The predicted octanol–water partition coefficient (Wildman–Crippen LogP) is 3.56. The number of aryl methyl sites for hydroxylation is 1. The van der Waals surface area contributed by atoms with Crippen LogP contribution >= 0.6 is 0 Å². The van der Waals surface area contributed by atoms with E-state index in [4.69, 9.17) is 4.74 Å². The minimum atomic E-state index is -2.95. The number of alkyl halides is 2. The van der Waals surface area contributed by atoms with Crippen molar-refractivity contribution >= 4 is 28.6 Å². The summed E-state index contributed by atoms with van der Waals surface area (Å²) in [5, 5.41) is 0. The van der Waals surface area contributed by atoms with Crippen molar-refractivity contribution in [2.24, 2.45) is 7.05 Å². The summed E-state index contributed by atoms with van der Waals surface area (Å²) in [6.45, 7) is -0.164. The molecule has 168 valence electrons. The van der Waals surface area contributed by atoms with Gasteiger partial charge in [-0.15, -0.1) is 0 Å². The lowest BCUT2D eigenvalue weighted by Gasteiger charge is -2.44. The minimum Gasteiger partial charge on any atom is -0.433 e. The zero-order valence-corrected chi connectivity index (χ0v) is 17.9. The quantitative estimate of drug-likeness (QED) is 0.605. The molecule has 0 bridgehead atoms. The van der Waals surface area contributed by atoms with Gasteiger partial charge in [0.15, 0.2) is 0 Å². The number of benzene rings is 1. The van der Waals surface area contributed by atoms with Gasteiger partial charge in [-0.2, -0.15) is 8.78 Å². The number of urea groups is 1. The Morgan fingerprint density at radius 1 is 1.19 bits per heavy atom. The Hall–Kier alpha value is -3.43. The van der Waals surface area contributed by atoms with E-state index in [2.05, 4.69) is 9.97 Å². The maximum atomic E-state index is 13.2. The molecule has 2 aliphatic rings. The SMILES string of the molecule is CN(c1cc2c(cn1)ncn2C)c1ccc(C2CN(C(=O)N3CCC3)C2)cc1OC(F)F. The molecule has 0 radical (unpaired) electrons. The zero-order chi connectivity index (χ0) is 22.4. The third-order valence-corrected chi connectivity index (χ3v) is 6.25. The number of amides is 2. The van der Waals surface area contributed by atoms with E-state index in [1.54, 1.807) is 41.5 Å². The Balaban J connectivity index is 1.38. The smallest absolute Gasteiger partial charge is 0.387 e. The number of hydrogen-bond donors (Lipinski definition) is 0. The van der Waals surface area contributed by atoms with Gasteiger partial charge in [0.25, 0.3) is 0 Å². The molecule has 0 saturated carbocycles. The summed E-state index contributed by atoms with van der Waals surface area (Å²) >= 11 is 0. The number of carbonyl (C=O) groups excluding carboxylic acids is 1. The third-order valence-electron chi connectivity index (χ3n) is 6.25. The van der Waals surface area contributed by atoms with Gasteiger partial charge in [0.05, 0.1) is 23.7 Å². The highest BCUT2D eigenvalue weighted by molar-refractivity contribution is 5.80. The Bertz CT molecular complexity index is 1160. The molecule has 32 heavy (non-hydrogen) atoms. The first-order valence-corrected chi connectivity index (χ1v) is 10.5. The second kappa shape index (κ2) is 7.92. The Labute approximate surface area is 184 Å². The van der Waals surface area contributed by atoms with Crippen molar-refractivity contribution in [2.45, 2.75) is 19.0 Å². The third kappa shape index (κ3) is 3.59. The Morgan fingerprint density at radius 3 is 2.66 bits per heavy atom. The normalized spacial score (nSPS) is 16.3. The number of likely N-dealkylation sites (tertiary alicyclic amines) is 2. The van der Waals surface area contributed by atoms with Crippen LogP contribution in [0, 0.1) is 0 Å². The van der Waals surface area contributed by atoms with Crippen molar-refractivity contribution < 1.29 is 18.3 Å². The Kier molecular flexibility index (Phi) is 5.07. The van der Waals surface area contributed by atoms with E-state index in [1.165, 1.54) is 0 Å². The predicted molar refractivity (Wildman–Crippen MR) is 116 cm³/mol. The highest BCUT2D eigenvalue weighted by Crippen LogP contribution is 2.38. The lowest BCUT2D eigenvalue weighted by Crippen LogP contribution is -2.56. The van der Waals surface area contributed by atoms with Crippen molar-refractivity contribution in [2.75, 3.05) is 38.1 Å². The number of nitrogens with zero attached hydrogens (tertiary/aromatic N) is 6. The number of halogens is 2. The van der Waals surface area contributed by atoms with Gasteiger partial charge in [-0.3, -0.25) is 0 Å². The first-order chi connectivity index (χ1) is 15.4. The molecule has 2 aromatic heterocycles. The summed E-state index contributed by atoms with van der Waals surface area (Å²) in [6, 6.07) is 7.24. The number of aromatic nitrogens is 3. The summed E-state index contributed by atoms with van der Waals surface area (Å²) in [4.78, 5) is 26.3. The number of rotatable bonds is 5. The van der Waals surface area contributed by atoms with Crippen molar-refractivity contribution in [3.05, 3.63) is 42.4 Å². The van der Waals surface area contributed by atoms with Gasteiger partial charge in [-0.05, 0) is 24.1 Å². The second-order valence-electron chi connectivity index (χ2n) is 8.28. The lowest BCUT2D eigenvalue weighted by molar-refractivity contribution is -0.0495. The summed E-state index contributed by atoms with van der Waals surface area (Å²) in [5.74, 6) is 0.769. The topological polar surface area (TPSA) is 66.7 Å². The molecule has 10 heteroatoms. The van der Waals surface area contributed by atoms with Gasteiger partial charge in [-0.25, -0.2) is 14.8 Å². The van der Waals surface area contributed by atoms with E-state index in [0.29, 0.717) is 24.6 Å². The van der Waals surface area contributed by atoms with Gasteiger partial charge in [0, 0.05) is 52.3 Å². The van der Waals surface area contributed by atoms with Crippen LogP contribution in [0.2, 0.25) is 0 Å². The molecule has 1 aromatic carbocycles.